The highest BCUT2D eigenvalue weighted by molar-refractivity contribution is 5.86. The normalized spacial score (nSPS) is 17.2. The fourth-order valence-electron chi connectivity index (χ4n) is 1.62. The van der Waals surface area contributed by atoms with Crippen molar-refractivity contribution < 1.29 is 9.63 Å². The highest BCUT2D eigenvalue weighted by atomic mass is 16.7. The molecule has 2 rings (SSSR count). The standard InChI is InChI=1S/C13H16N2O2/c16-13(17-15-10-8-14-9-11-15)7-6-12-4-2-1-3-5-12/h1-7,14H,8-11H2/b7-6+. The van der Waals surface area contributed by atoms with E-state index in [9.17, 15) is 4.79 Å². The summed E-state index contributed by atoms with van der Waals surface area (Å²) in [6, 6.07) is 9.68. The molecule has 0 bridgehead atoms. The van der Waals surface area contributed by atoms with Gasteiger partial charge in [0.1, 0.15) is 0 Å². The molecule has 0 aliphatic carbocycles. The van der Waals surface area contributed by atoms with Crippen molar-refractivity contribution in [3.05, 3.63) is 42.0 Å². The summed E-state index contributed by atoms with van der Waals surface area (Å²) in [5.74, 6) is -0.323. The lowest BCUT2D eigenvalue weighted by Gasteiger charge is -2.24. The number of piperazine rings is 1. The average molecular weight is 232 g/mol. The maximum absolute atomic E-state index is 11.5. The van der Waals surface area contributed by atoms with Crippen molar-refractivity contribution in [2.75, 3.05) is 26.2 Å². The molecule has 0 spiro atoms. The first-order valence-corrected chi connectivity index (χ1v) is 5.75. The van der Waals surface area contributed by atoms with Crippen LogP contribution in [0.2, 0.25) is 0 Å². The summed E-state index contributed by atoms with van der Waals surface area (Å²) in [5, 5.41) is 4.88. The lowest BCUT2D eigenvalue weighted by Crippen LogP contribution is -2.44. The highest BCUT2D eigenvalue weighted by Gasteiger charge is 2.12. The quantitative estimate of drug-likeness (QED) is 0.791. The first-order valence-electron chi connectivity index (χ1n) is 5.75. The van der Waals surface area contributed by atoms with Crippen LogP contribution >= 0.6 is 0 Å². The largest absolute Gasteiger partial charge is 0.364 e. The zero-order valence-corrected chi connectivity index (χ0v) is 9.63. The minimum Gasteiger partial charge on any atom is -0.364 e. The Labute approximate surface area is 101 Å². The Kier molecular flexibility index (Phi) is 4.30. The van der Waals surface area contributed by atoms with Crippen LogP contribution in [0.15, 0.2) is 36.4 Å². The fourth-order valence-corrected chi connectivity index (χ4v) is 1.62. The molecule has 90 valence electrons. The van der Waals surface area contributed by atoms with Gasteiger partial charge in [-0.15, -0.1) is 5.06 Å². The second kappa shape index (κ2) is 6.18. The van der Waals surface area contributed by atoms with Crippen molar-refractivity contribution in [1.82, 2.24) is 10.4 Å². The van der Waals surface area contributed by atoms with Gasteiger partial charge in [-0.1, -0.05) is 30.3 Å². The molecule has 0 radical (unpaired) electrons. The Hall–Kier alpha value is -1.65. The Morgan fingerprint density at radius 2 is 1.94 bits per heavy atom. The third kappa shape index (κ3) is 4.01. The van der Waals surface area contributed by atoms with Crippen molar-refractivity contribution in [3.8, 4) is 0 Å². The van der Waals surface area contributed by atoms with Crippen LogP contribution in [0.4, 0.5) is 0 Å². The number of hydroxylamine groups is 2. The van der Waals surface area contributed by atoms with E-state index in [2.05, 4.69) is 5.32 Å². The maximum Gasteiger partial charge on any atom is 0.349 e. The number of hydrogen-bond acceptors (Lipinski definition) is 4. The Bertz CT molecular complexity index is 384. The Balaban J connectivity index is 1.82. The maximum atomic E-state index is 11.5. The molecular weight excluding hydrogens is 216 g/mol. The molecule has 0 unspecified atom stereocenters. The summed E-state index contributed by atoms with van der Waals surface area (Å²) in [5.41, 5.74) is 0.991. The van der Waals surface area contributed by atoms with E-state index in [0.29, 0.717) is 0 Å². The summed E-state index contributed by atoms with van der Waals surface area (Å²) in [6.07, 6.45) is 3.21. The molecular formula is C13H16N2O2. The lowest BCUT2D eigenvalue weighted by atomic mass is 10.2. The summed E-state index contributed by atoms with van der Waals surface area (Å²) < 4.78 is 0. The van der Waals surface area contributed by atoms with E-state index in [-0.39, 0.29) is 5.97 Å². The Morgan fingerprint density at radius 3 is 2.65 bits per heavy atom. The topological polar surface area (TPSA) is 41.6 Å². The van der Waals surface area contributed by atoms with Crippen LogP contribution in [0.5, 0.6) is 0 Å². The number of carbonyl (C=O) groups excluding carboxylic acids is 1. The van der Waals surface area contributed by atoms with E-state index < -0.39 is 0 Å². The van der Waals surface area contributed by atoms with Crippen LogP contribution in [-0.2, 0) is 9.63 Å². The van der Waals surface area contributed by atoms with E-state index in [0.717, 1.165) is 31.7 Å². The van der Waals surface area contributed by atoms with E-state index in [1.807, 2.05) is 30.3 Å². The van der Waals surface area contributed by atoms with Gasteiger partial charge in [-0.25, -0.2) is 4.79 Å². The predicted molar refractivity (Wildman–Crippen MR) is 66.0 cm³/mol. The SMILES string of the molecule is O=C(/C=C/c1ccccc1)ON1CCNCC1. The number of rotatable bonds is 3. The van der Waals surface area contributed by atoms with Gasteiger partial charge in [0.15, 0.2) is 0 Å². The monoisotopic (exact) mass is 232 g/mol. The van der Waals surface area contributed by atoms with E-state index in [4.69, 9.17) is 4.84 Å². The molecule has 1 heterocycles. The second-order valence-electron chi connectivity index (χ2n) is 3.83. The molecule has 0 aromatic heterocycles. The van der Waals surface area contributed by atoms with Crippen LogP contribution in [0.1, 0.15) is 5.56 Å². The molecule has 1 aromatic carbocycles. The summed E-state index contributed by atoms with van der Waals surface area (Å²) in [6.45, 7) is 3.20. The number of nitrogens with zero attached hydrogens (tertiary/aromatic N) is 1. The summed E-state index contributed by atoms with van der Waals surface area (Å²) in [7, 11) is 0. The molecule has 0 atom stereocenters. The third-order valence-corrected chi connectivity index (χ3v) is 2.51. The van der Waals surface area contributed by atoms with Crippen molar-refractivity contribution in [2.45, 2.75) is 0 Å². The number of nitrogens with one attached hydrogen (secondary N) is 1. The van der Waals surface area contributed by atoms with Gasteiger partial charge in [0, 0.05) is 32.3 Å². The Morgan fingerprint density at radius 1 is 1.24 bits per heavy atom. The molecule has 4 heteroatoms. The van der Waals surface area contributed by atoms with Gasteiger partial charge in [-0.2, -0.15) is 0 Å². The fraction of sp³-hybridized carbons (Fsp3) is 0.308. The molecule has 17 heavy (non-hydrogen) atoms. The molecule has 1 saturated heterocycles. The van der Waals surface area contributed by atoms with Crippen LogP contribution in [-0.4, -0.2) is 37.2 Å². The van der Waals surface area contributed by atoms with Gasteiger partial charge < -0.3 is 10.2 Å². The number of carbonyl (C=O) groups is 1. The highest BCUT2D eigenvalue weighted by Crippen LogP contribution is 2.02. The zero-order valence-electron chi connectivity index (χ0n) is 9.63. The second-order valence-corrected chi connectivity index (χ2v) is 3.83. The predicted octanol–water partition coefficient (Wildman–Crippen LogP) is 1.06. The van der Waals surface area contributed by atoms with Crippen LogP contribution in [0, 0.1) is 0 Å². The average Bonchev–Trinajstić information content (AvgIpc) is 2.39. The van der Waals surface area contributed by atoms with Crippen LogP contribution in [0.25, 0.3) is 6.08 Å². The van der Waals surface area contributed by atoms with Gasteiger partial charge in [0.05, 0.1) is 0 Å². The van der Waals surface area contributed by atoms with Gasteiger partial charge >= 0.3 is 5.97 Å². The summed E-state index contributed by atoms with van der Waals surface area (Å²) in [4.78, 5) is 16.7. The van der Waals surface area contributed by atoms with Crippen molar-refractivity contribution >= 4 is 12.0 Å². The van der Waals surface area contributed by atoms with Gasteiger partial charge in [0.2, 0.25) is 0 Å². The van der Waals surface area contributed by atoms with Crippen LogP contribution < -0.4 is 5.32 Å². The van der Waals surface area contributed by atoms with E-state index in [1.54, 1.807) is 11.1 Å². The minimum atomic E-state index is -0.323. The minimum absolute atomic E-state index is 0.323. The number of benzene rings is 1. The molecule has 4 nitrogen and oxygen atoms in total. The first-order chi connectivity index (χ1) is 8.34. The lowest BCUT2D eigenvalue weighted by molar-refractivity contribution is -0.186. The van der Waals surface area contributed by atoms with Gasteiger partial charge in [-0.05, 0) is 11.6 Å². The van der Waals surface area contributed by atoms with Gasteiger partial charge in [-0.3, -0.25) is 0 Å². The smallest absolute Gasteiger partial charge is 0.349 e. The molecule has 0 saturated carbocycles. The molecule has 0 amide bonds. The molecule has 1 fully saturated rings. The zero-order chi connectivity index (χ0) is 11.9. The van der Waals surface area contributed by atoms with Crippen molar-refractivity contribution in [2.24, 2.45) is 0 Å². The van der Waals surface area contributed by atoms with E-state index >= 15 is 0 Å². The number of hydrogen-bond donors (Lipinski definition) is 1. The summed E-state index contributed by atoms with van der Waals surface area (Å²) >= 11 is 0. The van der Waals surface area contributed by atoms with Crippen molar-refractivity contribution in [1.29, 1.82) is 0 Å². The van der Waals surface area contributed by atoms with Crippen LogP contribution in [0.3, 0.4) is 0 Å². The third-order valence-electron chi connectivity index (χ3n) is 2.51. The van der Waals surface area contributed by atoms with Gasteiger partial charge in [0.25, 0.3) is 0 Å². The molecule has 1 aromatic rings. The molecule has 1 aliphatic heterocycles. The molecule has 1 aliphatic rings. The van der Waals surface area contributed by atoms with Crippen molar-refractivity contribution in [3.63, 3.8) is 0 Å². The first kappa shape index (κ1) is 11.8. The van der Waals surface area contributed by atoms with E-state index in [1.165, 1.54) is 6.08 Å². The molecule has 1 N–H and O–H groups in total.